The number of carbonyl (C=O) groups is 1. The van der Waals surface area contributed by atoms with Crippen LogP contribution in [0.2, 0.25) is 0 Å². The number of anilines is 2. The highest BCUT2D eigenvalue weighted by molar-refractivity contribution is 6.06. The molecule has 2 N–H and O–H groups in total. The van der Waals surface area contributed by atoms with Crippen LogP contribution >= 0.6 is 0 Å². The summed E-state index contributed by atoms with van der Waals surface area (Å²) in [4.78, 5) is 14.3. The zero-order valence-electron chi connectivity index (χ0n) is 10.3. The van der Waals surface area contributed by atoms with E-state index in [-0.39, 0.29) is 5.91 Å². The molecule has 92 valence electrons. The van der Waals surface area contributed by atoms with Gasteiger partial charge in [0.2, 0.25) is 0 Å². The van der Waals surface area contributed by atoms with E-state index in [0.29, 0.717) is 11.4 Å². The molecule has 0 unspecified atom stereocenters. The molecule has 4 heteroatoms. The number of nitrogen functional groups attached to an aromatic ring is 1. The van der Waals surface area contributed by atoms with Crippen LogP contribution in [0.5, 0.6) is 0 Å². The standard InChI is InChI=1S/C14H15N3O/c1-16-9-11(15)8-13(16)14(18)17-7-6-10-4-2-3-5-12(10)17/h2-5,8-9H,6-7,15H2,1H3. The molecule has 1 aliphatic rings. The van der Waals surface area contributed by atoms with Crippen molar-refractivity contribution in [3.05, 3.63) is 47.8 Å². The zero-order valence-corrected chi connectivity index (χ0v) is 10.3. The molecule has 0 bridgehead atoms. The molecule has 0 atom stereocenters. The molecular weight excluding hydrogens is 226 g/mol. The van der Waals surface area contributed by atoms with Gasteiger partial charge in [-0.3, -0.25) is 4.79 Å². The van der Waals surface area contributed by atoms with Gasteiger partial charge in [0.25, 0.3) is 5.91 Å². The van der Waals surface area contributed by atoms with Gasteiger partial charge in [0, 0.05) is 25.5 Å². The first-order valence-corrected chi connectivity index (χ1v) is 5.98. The molecule has 0 fully saturated rings. The molecule has 18 heavy (non-hydrogen) atoms. The maximum absolute atomic E-state index is 12.5. The fraction of sp³-hybridized carbons (Fsp3) is 0.214. The van der Waals surface area contributed by atoms with Crippen molar-refractivity contribution in [3.63, 3.8) is 0 Å². The number of benzene rings is 1. The van der Waals surface area contributed by atoms with Crippen molar-refractivity contribution in [2.75, 3.05) is 17.2 Å². The second-order valence-corrected chi connectivity index (χ2v) is 4.61. The summed E-state index contributed by atoms with van der Waals surface area (Å²) < 4.78 is 1.78. The molecule has 1 aliphatic heterocycles. The van der Waals surface area contributed by atoms with Crippen LogP contribution in [0.25, 0.3) is 0 Å². The summed E-state index contributed by atoms with van der Waals surface area (Å²) >= 11 is 0. The number of rotatable bonds is 1. The minimum atomic E-state index is 0.0131. The molecule has 0 spiro atoms. The summed E-state index contributed by atoms with van der Waals surface area (Å²) in [6, 6.07) is 9.76. The molecule has 3 rings (SSSR count). The molecule has 0 saturated heterocycles. The van der Waals surface area contributed by atoms with Gasteiger partial charge < -0.3 is 15.2 Å². The number of carbonyl (C=O) groups excluding carboxylic acids is 1. The first-order chi connectivity index (χ1) is 8.66. The summed E-state index contributed by atoms with van der Waals surface area (Å²) in [6.07, 6.45) is 2.68. The van der Waals surface area contributed by atoms with E-state index in [1.165, 1.54) is 5.56 Å². The van der Waals surface area contributed by atoms with Crippen LogP contribution in [-0.4, -0.2) is 17.0 Å². The maximum Gasteiger partial charge on any atom is 0.274 e. The number of amides is 1. The third kappa shape index (κ3) is 1.57. The van der Waals surface area contributed by atoms with Gasteiger partial charge in [-0.1, -0.05) is 18.2 Å². The Hall–Kier alpha value is -2.23. The van der Waals surface area contributed by atoms with Gasteiger partial charge in [-0.25, -0.2) is 0 Å². The van der Waals surface area contributed by atoms with Crippen LogP contribution in [0.15, 0.2) is 36.5 Å². The summed E-state index contributed by atoms with van der Waals surface area (Å²) in [7, 11) is 1.84. The number of para-hydroxylation sites is 1. The van der Waals surface area contributed by atoms with Gasteiger partial charge in [-0.15, -0.1) is 0 Å². The Kier molecular flexibility index (Phi) is 2.37. The molecule has 0 radical (unpaired) electrons. The summed E-state index contributed by atoms with van der Waals surface area (Å²) in [5.74, 6) is 0.0131. The smallest absolute Gasteiger partial charge is 0.274 e. The Morgan fingerprint density at radius 3 is 2.83 bits per heavy atom. The lowest BCUT2D eigenvalue weighted by molar-refractivity contribution is 0.0981. The van der Waals surface area contributed by atoms with Crippen molar-refractivity contribution < 1.29 is 4.79 Å². The minimum Gasteiger partial charge on any atom is -0.397 e. The minimum absolute atomic E-state index is 0.0131. The van der Waals surface area contributed by atoms with E-state index < -0.39 is 0 Å². The predicted octanol–water partition coefficient (Wildman–Crippen LogP) is 1.81. The van der Waals surface area contributed by atoms with Crippen molar-refractivity contribution in [1.29, 1.82) is 0 Å². The summed E-state index contributed by atoms with van der Waals surface area (Å²) in [5.41, 5.74) is 9.21. The van der Waals surface area contributed by atoms with E-state index in [1.807, 2.05) is 30.1 Å². The lowest BCUT2D eigenvalue weighted by Crippen LogP contribution is -2.30. The van der Waals surface area contributed by atoms with Gasteiger partial charge >= 0.3 is 0 Å². The molecule has 4 nitrogen and oxygen atoms in total. The number of hydrogen-bond acceptors (Lipinski definition) is 2. The topological polar surface area (TPSA) is 51.3 Å². The Bertz CT molecular complexity index is 615. The largest absolute Gasteiger partial charge is 0.397 e. The number of hydrogen-bond donors (Lipinski definition) is 1. The molecule has 2 heterocycles. The molecule has 2 aromatic rings. The van der Waals surface area contributed by atoms with Crippen LogP contribution in [0.4, 0.5) is 11.4 Å². The number of aryl methyl sites for hydroxylation is 1. The van der Waals surface area contributed by atoms with Crippen LogP contribution in [0.3, 0.4) is 0 Å². The van der Waals surface area contributed by atoms with E-state index in [1.54, 1.807) is 16.8 Å². The number of nitrogens with zero attached hydrogens (tertiary/aromatic N) is 2. The van der Waals surface area contributed by atoms with Gasteiger partial charge in [0.05, 0.1) is 5.69 Å². The molecular formula is C14H15N3O. The maximum atomic E-state index is 12.5. The zero-order chi connectivity index (χ0) is 12.7. The molecule has 0 saturated carbocycles. The first-order valence-electron chi connectivity index (χ1n) is 5.98. The highest BCUT2D eigenvalue weighted by atomic mass is 16.2. The van der Waals surface area contributed by atoms with E-state index in [4.69, 9.17) is 5.73 Å². The Morgan fingerprint density at radius 1 is 1.33 bits per heavy atom. The lowest BCUT2D eigenvalue weighted by atomic mass is 10.2. The predicted molar refractivity (Wildman–Crippen MR) is 71.6 cm³/mol. The van der Waals surface area contributed by atoms with Crippen LogP contribution in [0.1, 0.15) is 16.1 Å². The van der Waals surface area contributed by atoms with Crippen molar-refractivity contribution in [3.8, 4) is 0 Å². The van der Waals surface area contributed by atoms with Crippen LogP contribution in [-0.2, 0) is 13.5 Å². The van der Waals surface area contributed by atoms with Crippen molar-refractivity contribution >= 4 is 17.3 Å². The molecule has 0 aliphatic carbocycles. The Morgan fingerprint density at radius 2 is 2.11 bits per heavy atom. The van der Waals surface area contributed by atoms with Crippen LogP contribution < -0.4 is 10.6 Å². The van der Waals surface area contributed by atoms with Crippen molar-refractivity contribution in [2.24, 2.45) is 7.05 Å². The number of nitrogens with two attached hydrogens (primary N) is 1. The second kappa shape index (κ2) is 3.91. The third-order valence-corrected chi connectivity index (χ3v) is 3.38. The number of fused-ring (bicyclic) bond motifs is 1. The van der Waals surface area contributed by atoms with Crippen molar-refractivity contribution in [1.82, 2.24) is 4.57 Å². The lowest BCUT2D eigenvalue weighted by Gasteiger charge is -2.17. The Balaban J connectivity index is 1.98. The van der Waals surface area contributed by atoms with Gasteiger partial charge in [-0.2, -0.15) is 0 Å². The average Bonchev–Trinajstić information content (AvgIpc) is 2.92. The Labute approximate surface area is 106 Å². The quantitative estimate of drug-likeness (QED) is 0.827. The average molecular weight is 241 g/mol. The molecule has 1 aromatic heterocycles. The monoisotopic (exact) mass is 241 g/mol. The molecule has 1 aromatic carbocycles. The van der Waals surface area contributed by atoms with E-state index in [2.05, 4.69) is 6.07 Å². The number of aromatic nitrogens is 1. The fourth-order valence-electron chi connectivity index (χ4n) is 2.49. The van der Waals surface area contributed by atoms with E-state index in [9.17, 15) is 4.79 Å². The first kappa shape index (κ1) is 10.9. The van der Waals surface area contributed by atoms with E-state index >= 15 is 0 Å². The second-order valence-electron chi connectivity index (χ2n) is 4.61. The van der Waals surface area contributed by atoms with Gasteiger partial charge in [0.15, 0.2) is 0 Å². The normalized spacial score (nSPS) is 13.7. The van der Waals surface area contributed by atoms with Crippen molar-refractivity contribution in [2.45, 2.75) is 6.42 Å². The summed E-state index contributed by atoms with van der Waals surface area (Å²) in [6.45, 7) is 0.739. The highest BCUT2D eigenvalue weighted by Gasteiger charge is 2.26. The van der Waals surface area contributed by atoms with Gasteiger partial charge in [0.1, 0.15) is 5.69 Å². The third-order valence-electron chi connectivity index (χ3n) is 3.38. The van der Waals surface area contributed by atoms with Crippen LogP contribution in [0, 0.1) is 0 Å². The highest BCUT2D eigenvalue weighted by Crippen LogP contribution is 2.29. The molecule has 1 amide bonds. The van der Waals surface area contributed by atoms with E-state index in [0.717, 1.165) is 18.7 Å². The summed E-state index contributed by atoms with van der Waals surface area (Å²) in [5, 5.41) is 0. The fourth-order valence-corrected chi connectivity index (χ4v) is 2.49. The van der Waals surface area contributed by atoms with Gasteiger partial charge in [-0.05, 0) is 24.1 Å². The SMILES string of the molecule is Cn1cc(N)cc1C(=O)N1CCc2ccccc21.